The third-order valence-corrected chi connectivity index (χ3v) is 4.03. The van der Waals surface area contributed by atoms with Gasteiger partial charge in [-0.3, -0.25) is 9.69 Å². The van der Waals surface area contributed by atoms with Crippen LogP contribution in [0.5, 0.6) is 0 Å². The van der Waals surface area contributed by atoms with Gasteiger partial charge in [-0.15, -0.1) is 0 Å². The summed E-state index contributed by atoms with van der Waals surface area (Å²) < 4.78 is 5.30. The average molecular weight is 304 g/mol. The fraction of sp³-hybridized carbons (Fsp3) is 0.462. The van der Waals surface area contributed by atoms with Crippen molar-refractivity contribution in [1.82, 2.24) is 4.90 Å². The Labute approximate surface area is 121 Å². The number of rotatable bonds is 4. The van der Waals surface area contributed by atoms with Gasteiger partial charge in [0.05, 0.1) is 29.7 Å². The van der Waals surface area contributed by atoms with Gasteiger partial charge in [0.15, 0.2) is 0 Å². The minimum atomic E-state index is -0.854. The molecule has 1 aromatic carbocycles. The molecule has 1 heterocycles. The maximum absolute atomic E-state index is 11.1. The summed E-state index contributed by atoms with van der Waals surface area (Å²) in [6.07, 6.45) is 0.0000617. The summed E-state index contributed by atoms with van der Waals surface area (Å²) in [5.74, 6) is -0.854. The van der Waals surface area contributed by atoms with E-state index in [0.29, 0.717) is 36.3 Å². The van der Waals surface area contributed by atoms with Crippen molar-refractivity contribution in [1.29, 1.82) is 0 Å². The van der Waals surface area contributed by atoms with Crippen LogP contribution in [-0.4, -0.2) is 42.3 Å². The highest BCUT2D eigenvalue weighted by Gasteiger charge is 2.27. The molecule has 1 unspecified atom stereocenters. The Morgan fingerprint density at radius 1 is 1.37 bits per heavy atom. The Morgan fingerprint density at radius 2 is 2.05 bits per heavy atom. The summed E-state index contributed by atoms with van der Waals surface area (Å²) in [5.41, 5.74) is 0.762. The molecule has 1 atom stereocenters. The van der Waals surface area contributed by atoms with Crippen molar-refractivity contribution < 1.29 is 14.6 Å². The van der Waals surface area contributed by atoms with Crippen LogP contribution in [0.2, 0.25) is 10.0 Å². The van der Waals surface area contributed by atoms with E-state index in [1.165, 1.54) is 0 Å². The maximum atomic E-state index is 11.1. The van der Waals surface area contributed by atoms with Gasteiger partial charge in [0, 0.05) is 19.1 Å². The molecule has 0 aliphatic carbocycles. The van der Waals surface area contributed by atoms with Gasteiger partial charge in [-0.05, 0) is 11.6 Å². The minimum Gasteiger partial charge on any atom is -0.481 e. The van der Waals surface area contributed by atoms with Crippen LogP contribution in [0, 0.1) is 0 Å². The molecule has 1 saturated heterocycles. The molecule has 1 aliphatic rings. The molecule has 4 nitrogen and oxygen atoms in total. The molecular formula is C13H15Cl2NO3. The van der Waals surface area contributed by atoms with Crippen LogP contribution in [0.15, 0.2) is 18.2 Å². The molecule has 0 aromatic heterocycles. The Bertz CT molecular complexity index is 461. The molecule has 0 bridgehead atoms. The third kappa shape index (κ3) is 3.60. The van der Waals surface area contributed by atoms with E-state index < -0.39 is 5.97 Å². The molecule has 1 N–H and O–H groups in total. The largest absolute Gasteiger partial charge is 0.481 e. The average Bonchev–Trinajstić information content (AvgIpc) is 2.40. The first-order valence-electron chi connectivity index (χ1n) is 6.07. The van der Waals surface area contributed by atoms with Crippen LogP contribution in [-0.2, 0) is 9.53 Å². The van der Waals surface area contributed by atoms with Gasteiger partial charge >= 0.3 is 5.97 Å². The summed E-state index contributed by atoms with van der Waals surface area (Å²) in [4.78, 5) is 13.2. The molecule has 1 aliphatic heterocycles. The number of hydrogen-bond acceptors (Lipinski definition) is 3. The number of morpholine rings is 1. The molecule has 0 radical (unpaired) electrons. The summed E-state index contributed by atoms with van der Waals surface area (Å²) in [7, 11) is 0. The predicted octanol–water partition coefficient (Wildman–Crippen LogP) is 2.84. The van der Waals surface area contributed by atoms with Crippen molar-refractivity contribution in [3.8, 4) is 0 Å². The number of halogens is 2. The van der Waals surface area contributed by atoms with Crippen LogP contribution in [0.25, 0.3) is 0 Å². The number of nitrogens with zero attached hydrogens (tertiary/aromatic N) is 1. The highest BCUT2D eigenvalue weighted by atomic mass is 35.5. The Hall–Kier alpha value is -0.810. The number of hydrogen-bond donors (Lipinski definition) is 1. The third-order valence-electron chi connectivity index (χ3n) is 3.19. The van der Waals surface area contributed by atoms with E-state index in [9.17, 15) is 4.79 Å². The Morgan fingerprint density at radius 3 is 2.68 bits per heavy atom. The number of aliphatic carboxylic acids is 1. The topological polar surface area (TPSA) is 49.8 Å². The molecule has 0 spiro atoms. The molecule has 0 amide bonds. The molecule has 1 fully saturated rings. The predicted molar refractivity (Wildman–Crippen MR) is 73.8 cm³/mol. The molecule has 1 aromatic rings. The van der Waals surface area contributed by atoms with E-state index in [1.54, 1.807) is 12.1 Å². The van der Waals surface area contributed by atoms with E-state index >= 15 is 0 Å². The number of ether oxygens (including phenoxy) is 1. The monoisotopic (exact) mass is 303 g/mol. The lowest BCUT2D eigenvalue weighted by molar-refractivity contribution is -0.139. The summed E-state index contributed by atoms with van der Waals surface area (Å²) in [6.45, 7) is 2.60. The van der Waals surface area contributed by atoms with E-state index in [0.717, 1.165) is 5.56 Å². The SMILES string of the molecule is O=C(O)CC(c1cccc(Cl)c1Cl)N1CCOCC1. The van der Waals surface area contributed by atoms with Crippen molar-refractivity contribution >= 4 is 29.2 Å². The Balaban J connectivity index is 2.30. The van der Waals surface area contributed by atoms with Gasteiger partial charge in [0.25, 0.3) is 0 Å². The van der Waals surface area contributed by atoms with Gasteiger partial charge in [-0.1, -0.05) is 35.3 Å². The van der Waals surface area contributed by atoms with Crippen molar-refractivity contribution in [2.75, 3.05) is 26.3 Å². The lowest BCUT2D eigenvalue weighted by Gasteiger charge is -2.34. The number of carboxylic acids is 1. The Kier molecular flexibility index (Phi) is 5.05. The highest BCUT2D eigenvalue weighted by molar-refractivity contribution is 6.42. The normalized spacial score (nSPS) is 18.2. The van der Waals surface area contributed by atoms with Gasteiger partial charge in [0.1, 0.15) is 0 Å². The number of benzene rings is 1. The molecule has 104 valence electrons. The first-order chi connectivity index (χ1) is 9.09. The molecule has 6 heteroatoms. The number of carboxylic acid groups (broad SMARTS) is 1. The lowest BCUT2D eigenvalue weighted by Crippen LogP contribution is -2.40. The second-order valence-corrected chi connectivity index (χ2v) is 5.19. The van der Waals surface area contributed by atoms with E-state index in [-0.39, 0.29) is 12.5 Å². The maximum Gasteiger partial charge on any atom is 0.305 e. The van der Waals surface area contributed by atoms with Crippen molar-refractivity contribution in [3.05, 3.63) is 33.8 Å². The molecule has 19 heavy (non-hydrogen) atoms. The zero-order valence-corrected chi connectivity index (χ0v) is 11.8. The van der Waals surface area contributed by atoms with Crippen LogP contribution in [0.4, 0.5) is 0 Å². The minimum absolute atomic E-state index is 0.0000617. The smallest absolute Gasteiger partial charge is 0.305 e. The highest BCUT2D eigenvalue weighted by Crippen LogP contribution is 2.34. The standard InChI is InChI=1S/C13H15Cl2NO3/c14-10-3-1-2-9(13(10)15)11(8-12(17)18)16-4-6-19-7-5-16/h1-3,11H,4-8H2,(H,17,18). The summed E-state index contributed by atoms with van der Waals surface area (Å²) in [5, 5.41) is 9.98. The van der Waals surface area contributed by atoms with E-state index in [2.05, 4.69) is 4.90 Å². The van der Waals surface area contributed by atoms with Crippen molar-refractivity contribution in [3.63, 3.8) is 0 Å². The molecule has 0 saturated carbocycles. The van der Waals surface area contributed by atoms with Crippen molar-refractivity contribution in [2.45, 2.75) is 12.5 Å². The zero-order chi connectivity index (χ0) is 13.8. The van der Waals surface area contributed by atoms with Gasteiger partial charge < -0.3 is 9.84 Å². The zero-order valence-electron chi connectivity index (χ0n) is 10.3. The lowest BCUT2D eigenvalue weighted by atomic mass is 10.0. The van der Waals surface area contributed by atoms with Crippen LogP contribution < -0.4 is 0 Å². The van der Waals surface area contributed by atoms with Crippen LogP contribution >= 0.6 is 23.2 Å². The molecule has 2 rings (SSSR count). The van der Waals surface area contributed by atoms with E-state index in [1.807, 2.05) is 6.07 Å². The van der Waals surface area contributed by atoms with Gasteiger partial charge in [0.2, 0.25) is 0 Å². The first-order valence-corrected chi connectivity index (χ1v) is 6.82. The van der Waals surface area contributed by atoms with Crippen LogP contribution in [0.1, 0.15) is 18.0 Å². The first kappa shape index (κ1) is 14.6. The molecular weight excluding hydrogens is 289 g/mol. The number of carbonyl (C=O) groups is 1. The fourth-order valence-electron chi connectivity index (χ4n) is 2.27. The van der Waals surface area contributed by atoms with Gasteiger partial charge in [-0.2, -0.15) is 0 Å². The van der Waals surface area contributed by atoms with Crippen molar-refractivity contribution in [2.24, 2.45) is 0 Å². The summed E-state index contributed by atoms with van der Waals surface area (Å²) in [6, 6.07) is 5.05. The quantitative estimate of drug-likeness (QED) is 0.929. The van der Waals surface area contributed by atoms with E-state index in [4.69, 9.17) is 33.0 Å². The fourth-order valence-corrected chi connectivity index (χ4v) is 2.70. The van der Waals surface area contributed by atoms with Gasteiger partial charge in [-0.25, -0.2) is 0 Å². The van der Waals surface area contributed by atoms with Crippen LogP contribution in [0.3, 0.4) is 0 Å². The second kappa shape index (κ2) is 6.57. The second-order valence-electron chi connectivity index (χ2n) is 4.41. The summed E-state index contributed by atoms with van der Waals surface area (Å²) >= 11 is 12.2.